The summed E-state index contributed by atoms with van der Waals surface area (Å²) in [6.07, 6.45) is 1.51. The first-order chi connectivity index (χ1) is 20.2. The first-order valence-corrected chi connectivity index (χ1v) is 14.7. The number of methoxy groups -OCH3 is 1. The molecule has 0 bridgehead atoms. The molecule has 42 heavy (non-hydrogen) atoms. The highest BCUT2D eigenvalue weighted by Crippen LogP contribution is 2.41. The number of carbonyl (C=O) groups is 2. The van der Waals surface area contributed by atoms with Crippen molar-refractivity contribution < 1.29 is 28.2 Å². The van der Waals surface area contributed by atoms with Gasteiger partial charge in [0.2, 0.25) is 5.91 Å². The maximum atomic E-state index is 15.3. The molecule has 0 radical (unpaired) electrons. The van der Waals surface area contributed by atoms with E-state index in [4.69, 9.17) is 37.4 Å². The lowest BCUT2D eigenvalue weighted by molar-refractivity contribution is -0.159. The molecule has 2 heterocycles. The van der Waals surface area contributed by atoms with Crippen molar-refractivity contribution in [1.82, 2.24) is 0 Å². The zero-order valence-electron chi connectivity index (χ0n) is 23.6. The number of benzene rings is 3. The monoisotopic (exact) mass is 614 g/mol. The van der Waals surface area contributed by atoms with E-state index in [0.29, 0.717) is 59.5 Å². The number of halogens is 3. The van der Waals surface area contributed by atoms with Gasteiger partial charge in [-0.25, -0.2) is 4.39 Å². The summed E-state index contributed by atoms with van der Waals surface area (Å²) in [7, 11) is 1.58. The highest BCUT2D eigenvalue weighted by atomic mass is 35.5. The van der Waals surface area contributed by atoms with E-state index in [2.05, 4.69) is 4.90 Å². The Labute approximate surface area is 255 Å². The van der Waals surface area contributed by atoms with Gasteiger partial charge in [-0.1, -0.05) is 35.3 Å². The number of piperidine rings is 1. The van der Waals surface area contributed by atoms with Crippen LogP contribution in [0.3, 0.4) is 0 Å². The highest BCUT2D eigenvalue weighted by Gasteiger charge is 2.44. The van der Waals surface area contributed by atoms with Crippen LogP contribution in [0.1, 0.15) is 37.3 Å². The number of hydrogen-bond donors (Lipinski definition) is 0. The minimum Gasteiger partial charge on any atom is -0.497 e. The standard InChI is InChI=1S/C32H33Cl2FN2O5/c1-3-41-31(39)32(14-16-36(17-15-32)27-18-22(33)6-10-25(27)34)20-42-28-12-11-26(35)30-24(28)9-13-29(38)37(30)19-21-4-7-23(40-2)8-5-21/h4-8,10-12,18H,3,9,13-17,19-20H2,1-2H3. The molecule has 1 saturated heterocycles. The summed E-state index contributed by atoms with van der Waals surface area (Å²) in [4.78, 5) is 29.8. The average molecular weight is 616 g/mol. The van der Waals surface area contributed by atoms with Gasteiger partial charge >= 0.3 is 5.97 Å². The van der Waals surface area contributed by atoms with Crippen LogP contribution in [0.15, 0.2) is 54.6 Å². The normalized spacial score (nSPS) is 16.2. The van der Waals surface area contributed by atoms with Gasteiger partial charge in [-0.3, -0.25) is 9.59 Å². The van der Waals surface area contributed by atoms with E-state index in [9.17, 15) is 9.59 Å². The van der Waals surface area contributed by atoms with Crippen LogP contribution in [-0.2, 0) is 27.3 Å². The predicted octanol–water partition coefficient (Wildman–Crippen LogP) is 6.85. The Bertz CT molecular complexity index is 1460. The van der Waals surface area contributed by atoms with Gasteiger partial charge < -0.3 is 24.0 Å². The van der Waals surface area contributed by atoms with Crippen LogP contribution in [0, 0.1) is 11.2 Å². The van der Waals surface area contributed by atoms with Gasteiger partial charge in [0.15, 0.2) is 0 Å². The summed E-state index contributed by atoms with van der Waals surface area (Å²) < 4.78 is 32.3. The van der Waals surface area contributed by atoms with E-state index in [1.807, 2.05) is 18.2 Å². The van der Waals surface area contributed by atoms with Crippen LogP contribution in [0.2, 0.25) is 10.0 Å². The van der Waals surface area contributed by atoms with Gasteiger partial charge in [-0.15, -0.1) is 0 Å². The maximum absolute atomic E-state index is 15.3. The Balaban J connectivity index is 1.37. The summed E-state index contributed by atoms with van der Waals surface area (Å²) in [5.41, 5.74) is 1.60. The molecule has 3 aromatic carbocycles. The molecule has 7 nitrogen and oxygen atoms in total. The minimum absolute atomic E-state index is 0.0629. The van der Waals surface area contributed by atoms with Crippen LogP contribution in [0.25, 0.3) is 0 Å². The van der Waals surface area contributed by atoms with Crippen LogP contribution < -0.4 is 19.3 Å². The lowest BCUT2D eigenvalue weighted by Crippen LogP contribution is -2.48. The van der Waals surface area contributed by atoms with E-state index in [1.165, 1.54) is 11.0 Å². The van der Waals surface area contributed by atoms with Crippen molar-refractivity contribution in [2.75, 3.05) is 43.2 Å². The molecule has 222 valence electrons. The number of nitrogens with zero attached hydrogens (tertiary/aromatic N) is 2. The van der Waals surface area contributed by atoms with E-state index >= 15 is 4.39 Å². The summed E-state index contributed by atoms with van der Waals surface area (Å²) in [6.45, 7) is 3.40. The second-order valence-electron chi connectivity index (χ2n) is 10.6. The Morgan fingerprint density at radius 1 is 1.02 bits per heavy atom. The van der Waals surface area contributed by atoms with Gasteiger partial charge in [0.25, 0.3) is 0 Å². The Morgan fingerprint density at radius 2 is 1.76 bits per heavy atom. The minimum atomic E-state index is -0.897. The molecule has 0 saturated carbocycles. The van der Waals surface area contributed by atoms with Gasteiger partial charge in [-0.2, -0.15) is 0 Å². The number of fused-ring (bicyclic) bond motifs is 1. The second-order valence-corrected chi connectivity index (χ2v) is 11.4. The van der Waals surface area contributed by atoms with Gasteiger partial charge in [0.1, 0.15) is 29.3 Å². The smallest absolute Gasteiger partial charge is 0.315 e. The average Bonchev–Trinajstić information content (AvgIpc) is 3.00. The number of esters is 1. The molecule has 0 N–H and O–H groups in total. The highest BCUT2D eigenvalue weighted by molar-refractivity contribution is 6.35. The fourth-order valence-electron chi connectivity index (χ4n) is 5.64. The molecule has 0 spiro atoms. The Kier molecular flexibility index (Phi) is 9.13. The van der Waals surface area contributed by atoms with Crippen molar-refractivity contribution in [2.24, 2.45) is 5.41 Å². The van der Waals surface area contributed by atoms with Crippen LogP contribution in [0.5, 0.6) is 11.5 Å². The fourth-order valence-corrected chi connectivity index (χ4v) is 6.04. The zero-order chi connectivity index (χ0) is 29.9. The molecule has 0 aromatic heterocycles. The van der Waals surface area contributed by atoms with Crippen LogP contribution >= 0.6 is 23.2 Å². The SMILES string of the molecule is CCOC(=O)C1(COc2ccc(F)c3c2CCC(=O)N3Cc2ccc(OC)cc2)CCN(c2cc(Cl)ccc2Cl)CC1. The molecule has 10 heteroatoms. The summed E-state index contributed by atoms with van der Waals surface area (Å²) in [6, 6.07) is 15.5. The largest absolute Gasteiger partial charge is 0.497 e. The Morgan fingerprint density at radius 3 is 2.45 bits per heavy atom. The van der Waals surface area contributed by atoms with E-state index < -0.39 is 11.2 Å². The number of anilines is 2. The third-order valence-corrected chi connectivity index (χ3v) is 8.59. The molecular weight excluding hydrogens is 582 g/mol. The third-order valence-electron chi connectivity index (χ3n) is 8.03. The number of amides is 1. The van der Waals surface area contributed by atoms with Crippen molar-refractivity contribution in [1.29, 1.82) is 0 Å². The molecule has 2 aliphatic heterocycles. The van der Waals surface area contributed by atoms with E-state index in [1.54, 1.807) is 44.4 Å². The molecule has 1 fully saturated rings. The summed E-state index contributed by atoms with van der Waals surface area (Å²) in [5, 5.41) is 1.17. The topological polar surface area (TPSA) is 68.3 Å². The fraction of sp³-hybridized carbons (Fsp3) is 0.375. The van der Waals surface area contributed by atoms with E-state index in [0.717, 1.165) is 11.3 Å². The zero-order valence-corrected chi connectivity index (χ0v) is 25.1. The maximum Gasteiger partial charge on any atom is 0.315 e. The van der Waals surface area contributed by atoms with Crippen molar-refractivity contribution in [3.05, 3.63) is 81.6 Å². The molecule has 0 atom stereocenters. The first-order valence-electron chi connectivity index (χ1n) is 14.0. The van der Waals surface area contributed by atoms with Gasteiger partial charge in [0.05, 0.1) is 36.7 Å². The molecule has 2 aliphatic rings. The van der Waals surface area contributed by atoms with Crippen molar-refractivity contribution in [3.8, 4) is 11.5 Å². The van der Waals surface area contributed by atoms with Crippen LogP contribution in [0.4, 0.5) is 15.8 Å². The Hall–Kier alpha value is -3.49. The van der Waals surface area contributed by atoms with Crippen molar-refractivity contribution in [2.45, 2.75) is 39.2 Å². The quantitative estimate of drug-likeness (QED) is 0.246. The molecular formula is C32H33Cl2FN2O5. The number of rotatable bonds is 9. The molecule has 0 unspecified atom stereocenters. The number of ether oxygens (including phenoxy) is 3. The molecule has 5 rings (SSSR count). The first kappa shape index (κ1) is 30.0. The predicted molar refractivity (Wildman–Crippen MR) is 161 cm³/mol. The van der Waals surface area contributed by atoms with Gasteiger partial charge in [-0.05, 0) is 74.2 Å². The van der Waals surface area contributed by atoms with Crippen molar-refractivity contribution >= 4 is 46.5 Å². The number of hydrogen-bond acceptors (Lipinski definition) is 6. The summed E-state index contributed by atoms with van der Waals surface area (Å²) in [5.74, 6) is 0.176. The van der Waals surface area contributed by atoms with Gasteiger partial charge in [0, 0.05) is 30.1 Å². The molecule has 3 aromatic rings. The lowest BCUT2D eigenvalue weighted by Gasteiger charge is -2.41. The third kappa shape index (κ3) is 6.15. The molecule has 0 aliphatic carbocycles. The van der Waals surface area contributed by atoms with Crippen molar-refractivity contribution in [3.63, 3.8) is 0 Å². The molecule has 1 amide bonds. The van der Waals surface area contributed by atoms with Crippen LogP contribution in [-0.4, -0.2) is 45.3 Å². The summed E-state index contributed by atoms with van der Waals surface area (Å²) >= 11 is 12.7. The second kappa shape index (κ2) is 12.8. The lowest BCUT2D eigenvalue weighted by atomic mass is 9.79. The van der Waals surface area contributed by atoms with E-state index in [-0.39, 0.29) is 43.7 Å². The number of carbonyl (C=O) groups excluding carboxylic acids is 2.